The number of aliphatic hydroxyl groups is 4. The van der Waals surface area contributed by atoms with Crippen LogP contribution in [-0.2, 0) is 9.84 Å². The van der Waals surface area contributed by atoms with E-state index in [1.54, 1.807) is 0 Å². The zero-order chi connectivity index (χ0) is 8.65. The van der Waals surface area contributed by atoms with E-state index in [-0.39, 0.29) is 0 Å². The Morgan fingerprint density at radius 3 is 2.36 bits per heavy atom. The largest absolute Gasteiger partial charge is 0.502 e. The highest BCUT2D eigenvalue weighted by atomic mass is 16.8. The number of hydrogen-bond acceptors (Lipinski definition) is 5. The van der Waals surface area contributed by atoms with Gasteiger partial charge in [0, 0.05) is 0 Å². The third-order valence-electron chi connectivity index (χ3n) is 1.10. The first-order chi connectivity index (χ1) is 4.95. The summed E-state index contributed by atoms with van der Waals surface area (Å²) in [5, 5.41) is 44.9. The molecule has 0 bridgehead atoms. The molecule has 6 heteroatoms. The maximum absolute atomic E-state index is 10.5. The molecule has 4 N–H and O–H groups in total. The fraction of sp³-hybridized carbons (Fsp3) is 0.200. The fourth-order valence-electron chi connectivity index (χ4n) is 0.518. The summed E-state index contributed by atoms with van der Waals surface area (Å²) in [6.07, 6.45) is 0.433. The molecule has 1 heterocycles. The van der Waals surface area contributed by atoms with Gasteiger partial charge in [0.25, 0.3) is 0 Å². The third kappa shape index (κ3) is 1.08. The van der Waals surface area contributed by atoms with Crippen LogP contribution in [0.2, 0.25) is 0 Å². The molecule has 0 aromatic carbocycles. The summed E-state index contributed by atoms with van der Waals surface area (Å²) in [5.41, 5.74) is 0. The summed E-state index contributed by atoms with van der Waals surface area (Å²) in [4.78, 5) is 0. The fourth-order valence-corrected chi connectivity index (χ4v) is 0.518. The van der Waals surface area contributed by atoms with Crippen molar-refractivity contribution in [1.82, 2.24) is 0 Å². The van der Waals surface area contributed by atoms with Gasteiger partial charge in [-0.3, -0.25) is 0 Å². The molecule has 1 radical (unpaired) electrons. The van der Waals surface area contributed by atoms with Crippen molar-refractivity contribution in [3.05, 3.63) is 23.5 Å². The van der Waals surface area contributed by atoms with Gasteiger partial charge in [-0.15, -0.1) is 5.11 Å². The van der Waals surface area contributed by atoms with Crippen LogP contribution in [0.25, 0.3) is 0 Å². The van der Waals surface area contributed by atoms with E-state index < -0.39 is 23.3 Å². The van der Waals surface area contributed by atoms with Crippen molar-refractivity contribution in [2.45, 2.75) is 5.97 Å². The first-order valence-electron chi connectivity index (χ1n) is 2.58. The van der Waals surface area contributed by atoms with Crippen molar-refractivity contribution < 1.29 is 30.3 Å². The average molecular weight is 161 g/mol. The molecule has 0 aromatic rings. The van der Waals surface area contributed by atoms with Gasteiger partial charge in [-0.1, -0.05) is 0 Å². The highest BCUT2D eigenvalue weighted by Crippen LogP contribution is 2.24. The lowest BCUT2D eigenvalue weighted by atomic mass is 10.3. The average Bonchev–Trinajstić information content (AvgIpc) is 1.95. The van der Waals surface area contributed by atoms with Gasteiger partial charge in [0.2, 0.25) is 11.5 Å². The van der Waals surface area contributed by atoms with Crippen LogP contribution < -0.4 is 0 Å². The van der Waals surface area contributed by atoms with Crippen molar-refractivity contribution in [2.24, 2.45) is 0 Å². The van der Waals surface area contributed by atoms with E-state index in [0.717, 1.165) is 0 Å². The molecule has 1 aliphatic heterocycles. The van der Waals surface area contributed by atoms with Crippen LogP contribution >= 0.6 is 0 Å². The lowest BCUT2D eigenvalue weighted by Gasteiger charge is -2.21. The summed E-state index contributed by atoms with van der Waals surface area (Å²) in [5.74, 6) is -6.48. The van der Waals surface area contributed by atoms with E-state index in [2.05, 4.69) is 4.74 Å². The van der Waals surface area contributed by atoms with E-state index in [1.807, 2.05) is 0 Å². The molecule has 61 valence electrons. The second kappa shape index (κ2) is 2.04. The summed E-state index contributed by atoms with van der Waals surface area (Å²) >= 11 is 0. The van der Waals surface area contributed by atoms with Crippen LogP contribution in [0.1, 0.15) is 0 Å². The van der Waals surface area contributed by atoms with Gasteiger partial charge in [0.1, 0.15) is 6.26 Å². The van der Waals surface area contributed by atoms with Gasteiger partial charge < -0.3 is 25.2 Å². The van der Waals surface area contributed by atoms with Gasteiger partial charge in [0.05, 0.1) is 0 Å². The monoisotopic (exact) mass is 161 g/mol. The van der Waals surface area contributed by atoms with Crippen molar-refractivity contribution in [1.29, 1.82) is 0 Å². The number of ether oxygens (including phenoxy) is 1. The molecular formula is C5H5O6. The van der Waals surface area contributed by atoms with Gasteiger partial charge in [0.15, 0.2) is 5.76 Å². The first kappa shape index (κ1) is 7.70. The number of hydrogen-bond donors (Lipinski definition) is 4. The smallest absolute Gasteiger partial charge is 0.417 e. The standard InChI is InChI=1S/C5H5O6/c6-2-1-11-5(9,10)4(8)3(2)7/h1,6-9H. The Labute approximate surface area is 60.9 Å². The second-order valence-electron chi connectivity index (χ2n) is 1.90. The first-order valence-corrected chi connectivity index (χ1v) is 2.58. The topological polar surface area (TPSA) is 110 Å². The minimum atomic E-state index is -3.21. The van der Waals surface area contributed by atoms with Crippen LogP contribution in [-0.4, -0.2) is 26.4 Å². The van der Waals surface area contributed by atoms with Crippen molar-refractivity contribution in [3.8, 4) is 0 Å². The molecule has 0 saturated carbocycles. The molecule has 0 fully saturated rings. The number of aliphatic hydroxyl groups excluding tert-OH is 3. The minimum absolute atomic E-state index is 0.433. The van der Waals surface area contributed by atoms with E-state index >= 15 is 0 Å². The quantitative estimate of drug-likeness (QED) is 0.368. The predicted octanol–water partition coefficient (Wildman–Crippen LogP) is -0.180. The van der Waals surface area contributed by atoms with Crippen LogP contribution in [0.4, 0.5) is 0 Å². The SMILES string of the molecule is [O]C1(O)OC=C(O)C(O)=C1O. The van der Waals surface area contributed by atoms with Crippen molar-refractivity contribution in [3.63, 3.8) is 0 Å². The lowest BCUT2D eigenvalue weighted by Crippen LogP contribution is -2.34. The lowest BCUT2D eigenvalue weighted by molar-refractivity contribution is -0.338. The molecule has 0 aromatic heterocycles. The Bertz CT molecular complexity index is 237. The second-order valence-corrected chi connectivity index (χ2v) is 1.90. The molecule has 0 amide bonds. The van der Waals surface area contributed by atoms with Crippen molar-refractivity contribution in [2.75, 3.05) is 0 Å². The highest BCUT2D eigenvalue weighted by molar-refractivity contribution is 5.24. The highest BCUT2D eigenvalue weighted by Gasteiger charge is 2.40. The van der Waals surface area contributed by atoms with Gasteiger partial charge >= 0.3 is 5.97 Å². The summed E-state index contributed by atoms with van der Waals surface area (Å²) in [6.45, 7) is 0. The van der Waals surface area contributed by atoms with Crippen LogP contribution in [0.15, 0.2) is 23.5 Å². The maximum atomic E-state index is 10.5. The zero-order valence-corrected chi connectivity index (χ0v) is 5.18. The molecule has 0 aliphatic carbocycles. The molecule has 0 saturated heterocycles. The minimum Gasteiger partial charge on any atom is -0.502 e. The molecule has 6 nitrogen and oxygen atoms in total. The van der Waals surface area contributed by atoms with E-state index in [0.29, 0.717) is 6.26 Å². The summed E-state index contributed by atoms with van der Waals surface area (Å²) in [6, 6.07) is 0. The van der Waals surface area contributed by atoms with Crippen molar-refractivity contribution >= 4 is 0 Å². The Morgan fingerprint density at radius 1 is 1.36 bits per heavy atom. The Balaban J connectivity index is 3.07. The Hall–Kier alpha value is -1.40. The van der Waals surface area contributed by atoms with Crippen LogP contribution in [0, 0.1) is 0 Å². The molecule has 1 aliphatic rings. The van der Waals surface area contributed by atoms with Gasteiger partial charge in [-0.2, -0.15) is 0 Å². The van der Waals surface area contributed by atoms with E-state index in [9.17, 15) is 5.11 Å². The molecule has 0 spiro atoms. The molecule has 1 atom stereocenters. The van der Waals surface area contributed by atoms with E-state index in [1.165, 1.54) is 0 Å². The zero-order valence-electron chi connectivity index (χ0n) is 5.18. The van der Waals surface area contributed by atoms with Crippen LogP contribution in [0.5, 0.6) is 0 Å². The predicted molar refractivity (Wildman–Crippen MR) is 29.7 cm³/mol. The van der Waals surface area contributed by atoms with Gasteiger partial charge in [-0.25, -0.2) is 0 Å². The Kier molecular flexibility index (Phi) is 1.43. The molecular weight excluding hydrogens is 156 g/mol. The van der Waals surface area contributed by atoms with Crippen LogP contribution in [0.3, 0.4) is 0 Å². The summed E-state index contributed by atoms with van der Waals surface area (Å²) in [7, 11) is 0. The number of rotatable bonds is 0. The Morgan fingerprint density at radius 2 is 1.91 bits per heavy atom. The maximum Gasteiger partial charge on any atom is 0.417 e. The summed E-state index contributed by atoms with van der Waals surface area (Å²) < 4.78 is 3.88. The van der Waals surface area contributed by atoms with Gasteiger partial charge in [-0.05, 0) is 0 Å². The van der Waals surface area contributed by atoms with E-state index in [4.69, 9.17) is 20.4 Å². The molecule has 1 unspecified atom stereocenters. The molecule has 1 rings (SSSR count). The normalized spacial score (nSPS) is 22.5. The molecule has 11 heavy (non-hydrogen) atoms. The third-order valence-corrected chi connectivity index (χ3v) is 1.10.